The molecule has 10 heteroatoms. The molecule has 0 aromatic carbocycles. The molecule has 156 valence electrons. The Bertz CT molecular complexity index is 1130. The van der Waals surface area contributed by atoms with E-state index in [1.807, 2.05) is 0 Å². The summed E-state index contributed by atoms with van der Waals surface area (Å²) in [7, 11) is 0. The maximum absolute atomic E-state index is 13.1. The Morgan fingerprint density at radius 1 is 1.07 bits per heavy atom. The van der Waals surface area contributed by atoms with Gasteiger partial charge in [0.05, 0.1) is 12.4 Å². The zero-order chi connectivity index (χ0) is 20.9. The second-order valence-electron chi connectivity index (χ2n) is 7.96. The first-order chi connectivity index (χ1) is 14.4. The molecule has 1 aliphatic heterocycles. The highest BCUT2D eigenvalue weighted by Crippen LogP contribution is 2.43. The molecule has 3 aromatic heterocycles. The van der Waals surface area contributed by atoms with Gasteiger partial charge in [-0.15, -0.1) is 0 Å². The number of fused-ring (bicyclic) bond motifs is 1. The van der Waals surface area contributed by atoms with Crippen LogP contribution in [0, 0.1) is 5.41 Å². The molecule has 1 saturated heterocycles. The SMILES string of the molecule is O=C1CCCC12CCCN(c1ccnc(-c3cnc4cnc(C(F)(F)F)cn34)n1)C2. The minimum Gasteiger partial charge on any atom is -0.355 e. The second-order valence-corrected chi connectivity index (χ2v) is 7.96. The Morgan fingerprint density at radius 2 is 1.90 bits per heavy atom. The minimum absolute atomic E-state index is 0.275. The van der Waals surface area contributed by atoms with Crippen molar-refractivity contribution in [2.24, 2.45) is 5.41 Å². The van der Waals surface area contributed by atoms with Crippen LogP contribution >= 0.6 is 0 Å². The third-order valence-electron chi connectivity index (χ3n) is 6.11. The van der Waals surface area contributed by atoms with Crippen molar-refractivity contribution in [3.05, 3.63) is 36.5 Å². The number of piperidine rings is 1. The number of halogens is 3. The van der Waals surface area contributed by atoms with E-state index in [1.54, 1.807) is 12.3 Å². The Morgan fingerprint density at radius 3 is 2.67 bits per heavy atom. The van der Waals surface area contributed by atoms with E-state index in [0.717, 1.165) is 44.6 Å². The average Bonchev–Trinajstić information content (AvgIpc) is 3.31. The number of aromatic nitrogens is 5. The van der Waals surface area contributed by atoms with Gasteiger partial charge in [0, 0.05) is 37.3 Å². The standard InChI is InChI=1S/C20H19F3N6O/c21-20(22,23)14-11-29-13(9-26-17(29)10-25-14)18-24-7-4-16(27-18)28-8-2-6-19(12-28)5-1-3-15(19)30/h4,7,9-11H,1-3,5-6,8,12H2. The maximum atomic E-state index is 13.1. The first-order valence-electron chi connectivity index (χ1n) is 9.88. The summed E-state index contributed by atoms with van der Waals surface area (Å²) in [6, 6.07) is 1.77. The zero-order valence-electron chi connectivity index (χ0n) is 16.1. The lowest BCUT2D eigenvalue weighted by Crippen LogP contribution is -2.46. The number of Topliss-reactive ketones (excluding diaryl/α,β-unsaturated/α-hetero) is 1. The third-order valence-corrected chi connectivity index (χ3v) is 6.11. The van der Waals surface area contributed by atoms with E-state index in [-0.39, 0.29) is 16.9 Å². The van der Waals surface area contributed by atoms with Crippen LogP contribution in [-0.4, -0.2) is 43.2 Å². The van der Waals surface area contributed by atoms with E-state index in [4.69, 9.17) is 0 Å². The normalized spacial score (nSPS) is 22.4. The van der Waals surface area contributed by atoms with Crippen molar-refractivity contribution in [3.8, 4) is 11.5 Å². The van der Waals surface area contributed by atoms with Crippen LogP contribution in [-0.2, 0) is 11.0 Å². The Hall–Kier alpha value is -3.04. The fourth-order valence-corrected chi connectivity index (χ4v) is 4.60. The molecule has 3 aromatic rings. The number of carbonyl (C=O) groups excluding carboxylic acids is 1. The summed E-state index contributed by atoms with van der Waals surface area (Å²) in [4.78, 5) is 31.0. The number of hydrogen-bond acceptors (Lipinski definition) is 6. The molecule has 1 aliphatic carbocycles. The van der Waals surface area contributed by atoms with Crippen LogP contribution in [0.2, 0.25) is 0 Å². The number of carbonyl (C=O) groups is 1. The lowest BCUT2D eigenvalue weighted by atomic mass is 9.77. The van der Waals surface area contributed by atoms with E-state index < -0.39 is 11.9 Å². The summed E-state index contributed by atoms with van der Waals surface area (Å²) in [6.07, 6.45) is 4.72. The van der Waals surface area contributed by atoms with Gasteiger partial charge >= 0.3 is 6.18 Å². The molecule has 1 saturated carbocycles. The van der Waals surface area contributed by atoms with Crippen molar-refractivity contribution in [2.75, 3.05) is 18.0 Å². The fraction of sp³-hybridized carbons (Fsp3) is 0.450. The number of nitrogens with zero attached hydrogens (tertiary/aromatic N) is 6. The summed E-state index contributed by atoms with van der Waals surface area (Å²) < 4.78 is 40.5. The number of ketones is 1. The molecule has 0 amide bonds. The van der Waals surface area contributed by atoms with Gasteiger partial charge in [0.15, 0.2) is 17.2 Å². The van der Waals surface area contributed by atoms with Crippen LogP contribution in [0.1, 0.15) is 37.8 Å². The average molecular weight is 416 g/mol. The largest absolute Gasteiger partial charge is 0.434 e. The van der Waals surface area contributed by atoms with Crippen molar-refractivity contribution in [1.29, 1.82) is 0 Å². The quantitative estimate of drug-likeness (QED) is 0.636. The molecule has 2 fully saturated rings. The van der Waals surface area contributed by atoms with Crippen LogP contribution in [0.25, 0.3) is 17.2 Å². The highest BCUT2D eigenvalue weighted by molar-refractivity contribution is 5.87. The van der Waals surface area contributed by atoms with Crippen molar-refractivity contribution < 1.29 is 18.0 Å². The minimum atomic E-state index is -4.56. The van der Waals surface area contributed by atoms with Crippen LogP contribution in [0.4, 0.5) is 19.0 Å². The molecular weight excluding hydrogens is 397 g/mol. The second kappa shape index (κ2) is 6.75. The predicted molar refractivity (Wildman–Crippen MR) is 102 cm³/mol. The molecular formula is C20H19F3N6O. The molecule has 0 bridgehead atoms. The van der Waals surface area contributed by atoms with E-state index in [0.29, 0.717) is 30.3 Å². The van der Waals surface area contributed by atoms with Gasteiger partial charge in [0.25, 0.3) is 0 Å². The number of rotatable bonds is 2. The first-order valence-corrected chi connectivity index (χ1v) is 9.88. The van der Waals surface area contributed by atoms with Gasteiger partial charge in [0.1, 0.15) is 17.3 Å². The van der Waals surface area contributed by atoms with Gasteiger partial charge in [-0.3, -0.25) is 9.20 Å². The molecule has 1 unspecified atom stereocenters. The lowest BCUT2D eigenvalue weighted by molar-refractivity contribution is -0.141. The van der Waals surface area contributed by atoms with Gasteiger partial charge in [-0.25, -0.2) is 19.9 Å². The maximum Gasteiger partial charge on any atom is 0.434 e. The summed E-state index contributed by atoms with van der Waals surface area (Å²) in [6.45, 7) is 1.40. The highest BCUT2D eigenvalue weighted by Gasteiger charge is 2.45. The van der Waals surface area contributed by atoms with Gasteiger partial charge < -0.3 is 4.90 Å². The molecule has 1 atom stereocenters. The molecule has 2 aliphatic rings. The van der Waals surface area contributed by atoms with Gasteiger partial charge in [-0.2, -0.15) is 13.2 Å². The molecule has 0 radical (unpaired) electrons. The van der Waals surface area contributed by atoms with Crippen molar-refractivity contribution in [3.63, 3.8) is 0 Å². The Kier molecular flexibility index (Phi) is 4.26. The lowest BCUT2D eigenvalue weighted by Gasteiger charge is -2.39. The summed E-state index contributed by atoms with van der Waals surface area (Å²) >= 11 is 0. The van der Waals surface area contributed by atoms with Crippen molar-refractivity contribution in [1.82, 2.24) is 24.3 Å². The Labute approximate surface area is 170 Å². The number of imidazole rings is 1. The molecule has 5 rings (SSSR count). The van der Waals surface area contributed by atoms with E-state index in [1.165, 1.54) is 10.6 Å². The number of anilines is 1. The van der Waals surface area contributed by atoms with E-state index in [2.05, 4.69) is 24.8 Å². The van der Waals surface area contributed by atoms with Crippen LogP contribution in [0.3, 0.4) is 0 Å². The summed E-state index contributed by atoms with van der Waals surface area (Å²) in [5.74, 6) is 1.27. The smallest absolute Gasteiger partial charge is 0.355 e. The molecule has 0 N–H and O–H groups in total. The summed E-state index contributed by atoms with van der Waals surface area (Å²) in [5.41, 5.74) is -0.674. The first kappa shape index (κ1) is 19.0. The fourth-order valence-electron chi connectivity index (χ4n) is 4.60. The van der Waals surface area contributed by atoms with Crippen LogP contribution < -0.4 is 4.90 Å². The number of hydrogen-bond donors (Lipinski definition) is 0. The van der Waals surface area contributed by atoms with Gasteiger partial charge in [-0.1, -0.05) is 0 Å². The molecule has 4 heterocycles. The Balaban J connectivity index is 1.50. The molecule has 1 spiro atoms. The van der Waals surface area contributed by atoms with Crippen molar-refractivity contribution in [2.45, 2.75) is 38.3 Å². The van der Waals surface area contributed by atoms with Gasteiger partial charge in [-0.05, 0) is 31.7 Å². The van der Waals surface area contributed by atoms with Gasteiger partial charge in [0.2, 0.25) is 0 Å². The summed E-state index contributed by atoms with van der Waals surface area (Å²) in [5, 5.41) is 0. The topological polar surface area (TPSA) is 76.3 Å². The van der Waals surface area contributed by atoms with Crippen LogP contribution in [0.15, 0.2) is 30.9 Å². The van der Waals surface area contributed by atoms with Crippen LogP contribution in [0.5, 0.6) is 0 Å². The number of alkyl halides is 3. The third kappa shape index (κ3) is 3.10. The van der Waals surface area contributed by atoms with Crippen molar-refractivity contribution >= 4 is 17.2 Å². The monoisotopic (exact) mass is 416 g/mol. The zero-order valence-corrected chi connectivity index (χ0v) is 16.1. The molecule has 30 heavy (non-hydrogen) atoms. The predicted octanol–water partition coefficient (Wildman–Crippen LogP) is 3.54. The highest BCUT2D eigenvalue weighted by atomic mass is 19.4. The van der Waals surface area contributed by atoms with E-state index >= 15 is 0 Å². The molecule has 7 nitrogen and oxygen atoms in total. The van der Waals surface area contributed by atoms with E-state index in [9.17, 15) is 18.0 Å².